The highest BCUT2D eigenvalue weighted by Crippen LogP contribution is 2.35. The van der Waals surface area contributed by atoms with Gasteiger partial charge < -0.3 is 10.4 Å². The number of anilines is 1. The Kier molecular flexibility index (Phi) is 4.02. The van der Waals surface area contributed by atoms with Gasteiger partial charge in [0.15, 0.2) is 5.69 Å². The average Bonchev–Trinajstić information content (AvgIpc) is 2.67. The van der Waals surface area contributed by atoms with Gasteiger partial charge in [-0.05, 0) is 38.8 Å². The number of hydrogen-bond donors (Lipinski definition) is 2. The largest absolute Gasteiger partial charge is 0.476 e. The van der Waals surface area contributed by atoms with Crippen molar-refractivity contribution >= 4 is 11.7 Å². The van der Waals surface area contributed by atoms with Gasteiger partial charge in [0.2, 0.25) is 0 Å². The zero-order chi connectivity index (χ0) is 15.7. The third kappa shape index (κ3) is 2.63. The van der Waals surface area contributed by atoms with E-state index in [2.05, 4.69) is 29.5 Å². The molecule has 21 heavy (non-hydrogen) atoms. The molecular formula is C16H21N3O2. The van der Waals surface area contributed by atoms with Crippen molar-refractivity contribution in [3.05, 3.63) is 34.5 Å². The Labute approximate surface area is 124 Å². The van der Waals surface area contributed by atoms with Gasteiger partial charge in [0, 0.05) is 19.2 Å². The van der Waals surface area contributed by atoms with Gasteiger partial charge in [0.05, 0.1) is 11.4 Å². The van der Waals surface area contributed by atoms with Gasteiger partial charge in [-0.25, -0.2) is 4.79 Å². The van der Waals surface area contributed by atoms with Crippen molar-refractivity contribution in [2.45, 2.75) is 27.7 Å². The number of carboxylic acid groups (broad SMARTS) is 1. The molecule has 5 heteroatoms. The van der Waals surface area contributed by atoms with Crippen LogP contribution in [0.25, 0.3) is 11.3 Å². The van der Waals surface area contributed by atoms with Crippen LogP contribution in [-0.2, 0) is 7.05 Å². The van der Waals surface area contributed by atoms with E-state index in [0.717, 1.165) is 22.4 Å². The first-order chi connectivity index (χ1) is 9.86. The lowest BCUT2D eigenvalue weighted by molar-refractivity contribution is 0.0690. The van der Waals surface area contributed by atoms with Gasteiger partial charge >= 0.3 is 5.97 Å². The smallest absolute Gasteiger partial charge is 0.358 e. The predicted molar refractivity (Wildman–Crippen MR) is 84.0 cm³/mol. The molecule has 0 amide bonds. The van der Waals surface area contributed by atoms with E-state index in [0.29, 0.717) is 12.2 Å². The van der Waals surface area contributed by atoms with E-state index in [1.54, 1.807) is 11.7 Å². The lowest BCUT2D eigenvalue weighted by Crippen LogP contribution is -2.05. The van der Waals surface area contributed by atoms with Crippen molar-refractivity contribution in [3.63, 3.8) is 0 Å². The summed E-state index contributed by atoms with van der Waals surface area (Å²) in [6, 6.07) is 4.21. The fourth-order valence-corrected chi connectivity index (χ4v) is 2.86. The maximum absolute atomic E-state index is 11.4. The number of aromatic carboxylic acids is 1. The quantitative estimate of drug-likeness (QED) is 0.906. The van der Waals surface area contributed by atoms with Crippen LogP contribution in [0, 0.1) is 20.8 Å². The van der Waals surface area contributed by atoms with E-state index in [1.165, 1.54) is 5.56 Å². The second kappa shape index (κ2) is 5.60. The van der Waals surface area contributed by atoms with Gasteiger partial charge in [-0.3, -0.25) is 4.68 Å². The number of benzene rings is 1. The molecule has 0 saturated heterocycles. The number of aromatic nitrogens is 2. The summed E-state index contributed by atoms with van der Waals surface area (Å²) in [5, 5.41) is 16.7. The first kappa shape index (κ1) is 15.1. The van der Waals surface area contributed by atoms with Crippen molar-refractivity contribution in [2.75, 3.05) is 11.9 Å². The molecule has 0 radical (unpaired) electrons. The summed E-state index contributed by atoms with van der Waals surface area (Å²) in [6.45, 7) is 8.72. The number of carboxylic acids is 1. The Bertz CT molecular complexity index is 679. The van der Waals surface area contributed by atoms with Crippen LogP contribution in [-0.4, -0.2) is 27.4 Å². The third-order valence-electron chi connectivity index (χ3n) is 3.52. The van der Waals surface area contributed by atoms with Crippen LogP contribution in [0.4, 0.5) is 5.69 Å². The van der Waals surface area contributed by atoms with E-state index in [9.17, 15) is 9.90 Å². The van der Waals surface area contributed by atoms with Crippen LogP contribution >= 0.6 is 0 Å². The molecule has 2 rings (SSSR count). The molecular weight excluding hydrogens is 266 g/mol. The average molecular weight is 287 g/mol. The van der Waals surface area contributed by atoms with Gasteiger partial charge in [0.1, 0.15) is 0 Å². The van der Waals surface area contributed by atoms with Gasteiger partial charge in [-0.1, -0.05) is 17.7 Å². The van der Waals surface area contributed by atoms with Gasteiger partial charge in [-0.2, -0.15) is 5.10 Å². The monoisotopic (exact) mass is 287 g/mol. The number of nitrogens with zero attached hydrogens (tertiary/aromatic N) is 2. The maximum Gasteiger partial charge on any atom is 0.358 e. The second-order valence-electron chi connectivity index (χ2n) is 5.31. The SMILES string of the molecule is CCNc1c(C(=O)O)nn(C)c1-c1c(C)cc(C)cc1C. The zero-order valence-corrected chi connectivity index (χ0v) is 13.1. The highest BCUT2D eigenvalue weighted by Gasteiger charge is 2.24. The second-order valence-corrected chi connectivity index (χ2v) is 5.31. The molecule has 0 atom stereocenters. The van der Waals surface area contributed by atoms with Crippen molar-refractivity contribution in [2.24, 2.45) is 7.05 Å². The standard InChI is InChI=1S/C16H21N3O2/c1-6-17-13-14(16(20)21)18-19(5)15(13)12-10(3)7-9(2)8-11(12)4/h7-8,17H,6H2,1-5H3,(H,20,21). The fourth-order valence-electron chi connectivity index (χ4n) is 2.86. The summed E-state index contributed by atoms with van der Waals surface area (Å²) in [6.07, 6.45) is 0. The molecule has 2 N–H and O–H groups in total. The normalized spacial score (nSPS) is 10.7. The van der Waals surface area contributed by atoms with Gasteiger partial charge in [0.25, 0.3) is 0 Å². The number of nitrogens with one attached hydrogen (secondary N) is 1. The highest BCUT2D eigenvalue weighted by atomic mass is 16.4. The van der Waals surface area contributed by atoms with Gasteiger partial charge in [-0.15, -0.1) is 0 Å². The van der Waals surface area contributed by atoms with Crippen molar-refractivity contribution in [1.29, 1.82) is 0 Å². The molecule has 0 aliphatic heterocycles. The molecule has 0 unspecified atom stereocenters. The molecule has 0 aliphatic carbocycles. The summed E-state index contributed by atoms with van der Waals surface area (Å²) in [4.78, 5) is 11.4. The summed E-state index contributed by atoms with van der Waals surface area (Å²) >= 11 is 0. The highest BCUT2D eigenvalue weighted by molar-refractivity contribution is 5.97. The zero-order valence-electron chi connectivity index (χ0n) is 13.1. The predicted octanol–water partition coefficient (Wildman–Crippen LogP) is 3.14. The van der Waals surface area contributed by atoms with E-state index in [4.69, 9.17) is 0 Å². The first-order valence-electron chi connectivity index (χ1n) is 6.99. The van der Waals surface area contributed by atoms with Crippen molar-refractivity contribution in [3.8, 4) is 11.3 Å². The van der Waals surface area contributed by atoms with Crippen molar-refractivity contribution < 1.29 is 9.90 Å². The topological polar surface area (TPSA) is 67.2 Å². The summed E-state index contributed by atoms with van der Waals surface area (Å²) in [7, 11) is 1.78. The minimum absolute atomic E-state index is 0.0636. The van der Waals surface area contributed by atoms with Crippen LogP contribution in [0.2, 0.25) is 0 Å². The lowest BCUT2D eigenvalue weighted by atomic mass is 9.96. The number of aryl methyl sites for hydroxylation is 4. The van der Waals surface area contributed by atoms with E-state index >= 15 is 0 Å². The Balaban J connectivity index is 2.78. The molecule has 112 valence electrons. The van der Waals surface area contributed by atoms with Crippen LogP contribution in [0.3, 0.4) is 0 Å². The van der Waals surface area contributed by atoms with E-state index < -0.39 is 5.97 Å². The molecule has 1 aromatic heterocycles. The first-order valence-corrected chi connectivity index (χ1v) is 6.99. The molecule has 0 spiro atoms. The van der Waals surface area contributed by atoms with Crippen LogP contribution in [0.1, 0.15) is 34.1 Å². The van der Waals surface area contributed by atoms with E-state index in [1.807, 2.05) is 20.8 Å². The lowest BCUT2D eigenvalue weighted by Gasteiger charge is -2.14. The fraction of sp³-hybridized carbons (Fsp3) is 0.375. The molecule has 2 aromatic rings. The number of hydrogen-bond acceptors (Lipinski definition) is 3. The van der Waals surface area contributed by atoms with Crippen LogP contribution in [0.15, 0.2) is 12.1 Å². The molecule has 0 saturated carbocycles. The Morgan fingerprint density at radius 1 is 1.29 bits per heavy atom. The molecule has 0 fully saturated rings. The minimum atomic E-state index is -1.02. The molecule has 0 aliphatic rings. The molecule has 5 nitrogen and oxygen atoms in total. The summed E-state index contributed by atoms with van der Waals surface area (Å²) in [5.41, 5.74) is 5.94. The molecule has 0 bridgehead atoms. The summed E-state index contributed by atoms with van der Waals surface area (Å²) < 4.78 is 1.64. The third-order valence-corrected chi connectivity index (χ3v) is 3.52. The van der Waals surface area contributed by atoms with E-state index in [-0.39, 0.29) is 5.69 Å². The van der Waals surface area contributed by atoms with Crippen molar-refractivity contribution in [1.82, 2.24) is 9.78 Å². The summed E-state index contributed by atoms with van der Waals surface area (Å²) in [5.74, 6) is -1.02. The Morgan fingerprint density at radius 3 is 2.33 bits per heavy atom. The maximum atomic E-state index is 11.4. The Morgan fingerprint density at radius 2 is 1.86 bits per heavy atom. The number of carbonyl (C=O) groups is 1. The van der Waals surface area contributed by atoms with Crippen LogP contribution < -0.4 is 5.32 Å². The number of rotatable bonds is 4. The Hall–Kier alpha value is -2.30. The molecule has 1 aromatic carbocycles. The molecule has 1 heterocycles. The van der Waals surface area contributed by atoms with Crippen LogP contribution in [0.5, 0.6) is 0 Å². The minimum Gasteiger partial charge on any atom is -0.476 e.